The van der Waals surface area contributed by atoms with Crippen molar-refractivity contribution in [2.24, 2.45) is 0 Å². The Labute approximate surface area is 134 Å². The molecule has 0 bridgehead atoms. The highest BCUT2D eigenvalue weighted by Gasteiger charge is 2.09. The number of hydrogen-bond acceptors (Lipinski definition) is 6. The Morgan fingerprint density at radius 1 is 1.04 bits per heavy atom. The smallest absolute Gasteiger partial charge is 0.159 e. The van der Waals surface area contributed by atoms with E-state index in [4.69, 9.17) is 5.73 Å². The molecule has 0 aliphatic rings. The maximum atomic E-state index is 6.18. The summed E-state index contributed by atoms with van der Waals surface area (Å²) in [6, 6.07) is 11.9. The fourth-order valence-corrected chi connectivity index (χ4v) is 2.17. The van der Waals surface area contributed by atoms with Crippen LogP contribution in [0.25, 0.3) is 0 Å². The molecular formula is C17H18N6. The molecule has 4 N–H and O–H groups in total. The van der Waals surface area contributed by atoms with Crippen LogP contribution in [0.1, 0.15) is 11.1 Å². The van der Waals surface area contributed by atoms with E-state index in [1.54, 1.807) is 12.4 Å². The summed E-state index contributed by atoms with van der Waals surface area (Å²) in [5.74, 6) is 1.18. The molecule has 0 saturated heterocycles. The zero-order valence-electron chi connectivity index (χ0n) is 12.8. The third-order valence-electron chi connectivity index (χ3n) is 3.46. The zero-order valence-corrected chi connectivity index (χ0v) is 12.8. The van der Waals surface area contributed by atoms with Gasteiger partial charge in [0.1, 0.15) is 12.0 Å². The first-order chi connectivity index (χ1) is 11.2. The summed E-state index contributed by atoms with van der Waals surface area (Å²) in [5.41, 5.74) is 9.81. The first-order valence-corrected chi connectivity index (χ1v) is 7.30. The molecule has 6 nitrogen and oxygen atoms in total. The lowest BCUT2D eigenvalue weighted by molar-refractivity contribution is 1.07. The van der Waals surface area contributed by atoms with Crippen molar-refractivity contribution in [2.45, 2.75) is 13.5 Å². The molecule has 0 aliphatic heterocycles. The molecule has 2 heterocycles. The molecule has 0 aliphatic carbocycles. The molecule has 0 radical (unpaired) electrons. The van der Waals surface area contributed by atoms with E-state index >= 15 is 0 Å². The number of rotatable bonds is 5. The van der Waals surface area contributed by atoms with Gasteiger partial charge >= 0.3 is 0 Å². The predicted octanol–water partition coefficient (Wildman–Crippen LogP) is 3.12. The van der Waals surface area contributed by atoms with Crippen molar-refractivity contribution in [3.05, 3.63) is 66.2 Å². The van der Waals surface area contributed by atoms with E-state index < -0.39 is 0 Å². The Bertz CT molecular complexity index is 788. The minimum Gasteiger partial charge on any atom is -0.393 e. The van der Waals surface area contributed by atoms with E-state index in [9.17, 15) is 0 Å². The lowest BCUT2D eigenvalue weighted by Gasteiger charge is -2.13. The van der Waals surface area contributed by atoms with E-state index in [0.29, 0.717) is 23.9 Å². The Balaban J connectivity index is 1.77. The molecule has 3 aromatic rings. The van der Waals surface area contributed by atoms with Crippen molar-refractivity contribution in [3.63, 3.8) is 0 Å². The highest BCUT2D eigenvalue weighted by Crippen LogP contribution is 2.27. The summed E-state index contributed by atoms with van der Waals surface area (Å²) in [7, 11) is 0. The normalized spacial score (nSPS) is 10.3. The van der Waals surface area contributed by atoms with Gasteiger partial charge < -0.3 is 16.4 Å². The third-order valence-corrected chi connectivity index (χ3v) is 3.46. The largest absolute Gasteiger partial charge is 0.393 e. The number of para-hydroxylation sites is 1. The van der Waals surface area contributed by atoms with Crippen molar-refractivity contribution >= 4 is 23.0 Å². The SMILES string of the molecule is Cc1ccccc1Nc1ncnc(NCc2cccnc2)c1N. The average Bonchev–Trinajstić information content (AvgIpc) is 2.58. The van der Waals surface area contributed by atoms with Gasteiger partial charge in [-0.05, 0) is 30.2 Å². The third kappa shape index (κ3) is 3.55. The summed E-state index contributed by atoms with van der Waals surface area (Å²) >= 11 is 0. The second-order valence-corrected chi connectivity index (χ2v) is 5.14. The number of benzene rings is 1. The van der Waals surface area contributed by atoms with Crippen LogP contribution >= 0.6 is 0 Å². The molecule has 2 aromatic heterocycles. The number of nitrogen functional groups attached to an aromatic ring is 1. The van der Waals surface area contributed by atoms with E-state index in [0.717, 1.165) is 16.8 Å². The zero-order chi connectivity index (χ0) is 16.1. The van der Waals surface area contributed by atoms with E-state index in [2.05, 4.69) is 25.6 Å². The molecule has 0 atom stereocenters. The molecule has 0 amide bonds. The van der Waals surface area contributed by atoms with E-state index in [1.807, 2.05) is 43.3 Å². The predicted molar refractivity (Wildman–Crippen MR) is 92.5 cm³/mol. The van der Waals surface area contributed by atoms with Gasteiger partial charge in [0.05, 0.1) is 0 Å². The molecule has 6 heteroatoms. The second kappa shape index (κ2) is 6.74. The van der Waals surface area contributed by atoms with Crippen molar-refractivity contribution in [2.75, 3.05) is 16.4 Å². The van der Waals surface area contributed by atoms with Gasteiger partial charge in [-0.25, -0.2) is 9.97 Å². The quantitative estimate of drug-likeness (QED) is 0.671. The van der Waals surface area contributed by atoms with Crippen molar-refractivity contribution in [1.82, 2.24) is 15.0 Å². The molecule has 0 unspecified atom stereocenters. The van der Waals surface area contributed by atoms with Gasteiger partial charge in [-0.15, -0.1) is 0 Å². The molecule has 0 saturated carbocycles. The molecular weight excluding hydrogens is 288 g/mol. The first-order valence-electron chi connectivity index (χ1n) is 7.30. The van der Waals surface area contributed by atoms with E-state index in [1.165, 1.54) is 6.33 Å². The lowest BCUT2D eigenvalue weighted by Crippen LogP contribution is -2.08. The summed E-state index contributed by atoms with van der Waals surface area (Å²) in [6.07, 6.45) is 5.03. The van der Waals surface area contributed by atoms with Gasteiger partial charge in [-0.3, -0.25) is 4.98 Å². The van der Waals surface area contributed by atoms with Crippen molar-refractivity contribution in [1.29, 1.82) is 0 Å². The van der Waals surface area contributed by atoms with Gasteiger partial charge in [0.25, 0.3) is 0 Å². The Morgan fingerprint density at radius 2 is 1.87 bits per heavy atom. The molecule has 0 spiro atoms. The first kappa shape index (κ1) is 14.8. The fourth-order valence-electron chi connectivity index (χ4n) is 2.17. The molecule has 23 heavy (non-hydrogen) atoms. The maximum absolute atomic E-state index is 6.18. The monoisotopic (exact) mass is 306 g/mol. The van der Waals surface area contributed by atoms with Crippen LogP contribution in [0.3, 0.4) is 0 Å². The van der Waals surface area contributed by atoms with Crippen LogP contribution in [0.4, 0.5) is 23.0 Å². The molecule has 0 fully saturated rings. The van der Waals surface area contributed by atoms with Gasteiger partial charge in [0, 0.05) is 24.6 Å². The minimum absolute atomic E-state index is 0.486. The van der Waals surface area contributed by atoms with E-state index in [-0.39, 0.29) is 0 Å². The molecule has 3 rings (SSSR count). The fraction of sp³-hybridized carbons (Fsp3) is 0.118. The average molecular weight is 306 g/mol. The summed E-state index contributed by atoms with van der Waals surface area (Å²) in [6.45, 7) is 2.63. The summed E-state index contributed by atoms with van der Waals surface area (Å²) in [4.78, 5) is 12.5. The van der Waals surface area contributed by atoms with Gasteiger partial charge in [0.15, 0.2) is 11.6 Å². The number of anilines is 4. The standard InChI is InChI=1S/C17H18N6/c1-12-5-2-3-7-14(12)23-17-15(18)16(21-11-22-17)20-10-13-6-4-8-19-9-13/h2-9,11H,10,18H2,1H3,(H2,20,21,22,23). The molecule has 1 aromatic carbocycles. The van der Waals surface area contributed by atoms with Crippen LogP contribution in [0, 0.1) is 6.92 Å². The van der Waals surface area contributed by atoms with Gasteiger partial charge in [0.2, 0.25) is 0 Å². The van der Waals surface area contributed by atoms with Gasteiger partial charge in [-0.2, -0.15) is 0 Å². The molecule has 116 valence electrons. The van der Waals surface area contributed by atoms with Crippen molar-refractivity contribution < 1.29 is 0 Å². The van der Waals surface area contributed by atoms with Crippen LogP contribution in [0.5, 0.6) is 0 Å². The Hall–Kier alpha value is -3.15. The van der Waals surface area contributed by atoms with Crippen LogP contribution in [0.2, 0.25) is 0 Å². The highest BCUT2D eigenvalue weighted by molar-refractivity contribution is 5.78. The van der Waals surface area contributed by atoms with Crippen molar-refractivity contribution in [3.8, 4) is 0 Å². The van der Waals surface area contributed by atoms with Crippen LogP contribution in [0.15, 0.2) is 55.1 Å². The number of aryl methyl sites for hydroxylation is 1. The topological polar surface area (TPSA) is 88.8 Å². The number of hydrogen-bond donors (Lipinski definition) is 3. The second-order valence-electron chi connectivity index (χ2n) is 5.14. The van der Waals surface area contributed by atoms with Crippen LogP contribution in [-0.4, -0.2) is 15.0 Å². The summed E-state index contributed by atoms with van der Waals surface area (Å²) in [5, 5.41) is 6.46. The number of nitrogens with zero attached hydrogens (tertiary/aromatic N) is 3. The Morgan fingerprint density at radius 3 is 2.65 bits per heavy atom. The van der Waals surface area contributed by atoms with Crippen LogP contribution in [-0.2, 0) is 6.54 Å². The summed E-state index contributed by atoms with van der Waals surface area (Å²) < 4.78 is 0. The van der Waals surface area contributed by atoms with Gasteiger partial charge in [-0.1, -0.05) is 24.3 Å². The lowest BCUT2D eigenvalue weighted by atomic mass is 10.2. The number of aromatic nitrogens is 3. The number of nitrogens with one attached hydrogen (secondary N) is 2. The minimum atomic E-state index is 0.486. The Kier molecular flexibility index (Phi) is 4.33. The number of nitrogens with two attached hydrogens (primary N) is 1. The number of pyridine rings is 1. The van der Waals surface area contributed by atoms with Crippen LogP contribution < -0.4 is 16.4 Å². The highest BCUT2D eigenvalue weighted by atomic mass is 15.1. The maximum Gasteiger partial charge on any atom is 0.159 e.